The molecule has 0 saturated carbocycles. The Bertz CT molecular complexity index is 748. The lowest BCUT2D eigenvalue weighted by atomic mass is 10.2. The number of carbonyl (C=O) groups is 2. The summed E-state index contributed by atoms with van der Waals surface area (Å²) in [6.45, 7) is 1.64. The van der Waals surface area contributed by atoms with Crippen molar-refractivity contribution in [2.45, 2.75) is 19.1 Å². The SMILES string of the molecule is CN(C)CCNC(CC(=O)Nc1ccc(OCc2ccccc2)cc1)C(=O)O. The number of carbonyl (C=O) groups excluding carboxylic acids is 1. The Kier molecular flexibility index (Phi) is 8.45. The number of aliphatic carboxylic acids is 1. The van der Waals surface area contributed by atoms with Gasteiger partial charge in [-0.1, -0.05) is 30.3 Å². The van der Waals surface area contributed by atoms with Crippen LogP contribution in [0.4, 0.5) is 5.69 Å². The third-order valence-electron chi connectivity index (χ3n) is 4.02. The molecule has 0 aliphatic heterocycles. The molecule has 0 heterocycles. The second kappa shape index (κ2) is 11.1. The Hall–Kier alpha value is -2.90. The molecule has 7 heteroatoms. The predicted octanol–water partition coefficient (Wildman–Crippen LogP) is 2.20. The fourth-order valence-electron chi connectivity index (χ4n) is 2.48. The Morgan fingerprint density at radius 3 is 2.36 bits per heavy atom. The largest absolute Gasteiger partial charge is 0.489 e. The van der Waals surface area contributed by atoms with Crippen LogP contribution in [-0.2, 0) is 16.2 Å². The van der Waals surface area contributed by atoms with Gasteiger partial charge in [-0.15, -0.1) is 0 Å². The Labute approximate surface area is 165 Å². The van der Waals surface area contributed by atoms with E-state index in [0.29, 0.717) is 31.1 Å². The molecule has 0 aromatic heterocycles. The number of nitrogens with zero attached hydrogens (tertiary/aromatic N) is 1. The molecule has 1 amide bonds. The highest BCUT2D eigenvalue weighted by atomic mass is 16.5. The fraction of sp³-hybridized carbons (Fsp3) is 0.333. The van der Waals surface area contributed by atoms with Gasteiger partial charge in [0.2, 0.25) is 5.91 Å². The van der Waals surface area contributed by atoms with Crippen LogP contribution < -0.4 is 15.4 Å². The number of anilines is 1. The minimum Gasteiger partial charge on any atom is -0.489 e. The summed E-state index contributed by atoms with van der Waals surface area (Å²) in [7, 11) is 3.80. The van der Waals surface area contributed by atoms with E-state index < -0.39 is 12.0 Å². The Morgan fingerprint density at radius 2 is 1.75 bits per heavy atom. The number of rotatable bonds is 11. The van der Waals surface area contributed by atoms with Crippen molar-refractivity contribution in [3.05, 3.63) is 60.2 Å². The second-order valence-electron chi connectivity index (χ2n) is 6.70. The van der Waals surface area contributed by atoms with E-state index in [1.807, 2.05) is 49.3 Å². The van der Waals surface area contributed by atoms with E-state index in [0.717, 1.165) is 5.56 Å². The molecule has 150 valence electrons. The number of carboxylic acids is 1. The van der Waals surface area contributed by atoms with E-state index in [9.17, 15) is 14.7 Å². The molecule has 0 aliphatic rings. The van der Waals surface area contributed by atoms with Gasteiger partial charge in [0, 0.05) is 18.8 Å². The molecule has 2 aromatic carbocycles. The number of ether oxygens (including phenoxy) is 1. The van der Waals surface area contributed by atoms with Crippen molar-refractivity contribution in [3.8, 4) is 5.75 Å². The fourth-order valence-corrected chi connectivity index (χ4v) is 2.48. The molecule has 0 radical (unpaired) electrons. The molecule has 0 aliphatic carbocycles. The first-order valence-electron chi connectivity index (χ1n) is 9.11. The highest BCUT2D eigenvalue weighted by molar-refractivity contribution is 5.94. The van der Waals surface area contributed by atoms with Gasteiger partial charge < -0.3 is 25.4 Å². The van der Waals surface area contributed by atoms with E-state index in [1.165, 1.54) is 0 Å². The Balaban J connectivity index is 1.81. The molecule has 1 unspecified atom stereocenters. The van der Waals surface area contributed by atoms with Crippen LogP contribution in [0.2, 0.25) is 0 Å². The van der Waals surface area contributed by atoms with Crippen LogP contribution in [-0.4, -0.2) is 55.1 Å². The zero-order valence-corrected chi connectivity index (χ0v) is 16.2. The van der Waals surface area contributed by atoms with Crippen molar-refractivity contribution < 1.29 is 19.4 Å². The number of nitrogens with one attached hydrogen (secondary N) is 2. The summed E-state index contributed by atoms with van der Waals surface area (Å²) in [6, 6.07) is 15.9. The van der Waals surface area contributed by atoms with E-state index in [2.05, 4.69) is 10.6 Å². The van der Waals surface area contributed by atoms with E-state index in [-0.39, 0.29) is 12.3 Å². The van der Waals surface area contributed by atoms with Crippen LogP contribution >= 0.6 is 0 Å². The monoisotopic (exact) mass is 385 g/mol. The molecule has 0 spiro atoms. The summed E-state index contributed by atoms with van der Waals surface area (Å²) in [5.41, 5.74) is 1.66. The molecule has 3 N–H and O–H groups in total. The molecule has 0 fully saturated rings. The van der Waals surface area contributed by atoms with Gasteiger partial charge >= 0.3 is 5.97 Å². The summed E-state index contributed by atoms with van der Waals surface area (Å²) in [6.07, 6.45) is -0.144. The number of amides is 1. The molecule has 0 bridgehead atoms. The maximum absolute atomic E-state index is 12.2. The average Bonchev–Trinajstić information content (AvgIpc) is 2.67. The molecule has 2 rings (SSSR count). The molecular formula is C21H27N3O4. The van der Waals surface area contributed by atoms with Crippen LogP contribution in [0.25, 0.3) is 0 Å². The molecule has 2 aromatic rings. The summed E-state index contributed by atoms with van der Waals surface area (Å²) in [5.74, 6) is -0.711. The minimum atomic E-state index is -1.04. The van der Waals surface area contributed by atoms with Gasteiger partial charge in [-0.2, -0.15) is 0 Å². The lowest BCUT2D eigenvalue weighted by molar-refractivity contribution is -0.141. The third kappa shape index (κ3) is 7.77. The topological polar surface area (TPSA) is 90.9 Å². The van der Waals surface area contributed by atoms with Gasteiger partial charge in [0.15, 0.2) is 0 Å². The van der Waals surface area contributed by atoms with Crippen molar-refractivity contribution in [3.63, 3.8) is 0 Å². The van der Waals surface area contributed by atoms with Crippen molar-refractivity contribution in [2.24, 2.45) is 0 Å². The van der Waals surface area contributed by atoms with Crippen molar-refractivity contribution >= 4 is 17.6 Å². The number of benzene rings is 2. The van der Waals surface area contributed by atoms with Crippen LogP contribution in [0.1, 0.15) is 12.0 Å². The number of carboxylic acid groups (broad SMARTS) is 1. The first kappa shape index (κ1) is 21.4. The van der Waals surface area contributed by atoms with Gasteiger partial charge in [-0.05, 0) is 43.9 Å². The van der Waals surface area contributed by atoms with Gasteiger partial charge in [0.05, 0.1) is 6.42 Å². The molecule has 7 nitrogen and oxygen atoms in total. The van der Waals surface area contributed by atoms with Gasteiger partial charge in [0.1, 0.15) is 18.4 Å². The van der Waals surface area contributed by atoms with Crippen molar-refractivity contribution in [1.29, 1.82) is 0 Å². The smallest absolute Gasteiger partial charge is 0.321 e. The number of likely N-dealkylation sites (N-methyl/N-ethyl adjacent to an activating group) is 1. The molecule has 1 atom stereocenters. The highest BCUT2D eigenvalue weighted by Crippen LogP contribution is 2.17. The average molecular weight is 385 g/mol. The van der Waals surface area contributed by atoms with Gasteiger partial charge in [-0.3, -0.25) is 9.59 Å². The lowest BCUT2D eigenvalue weighted by Crippen LogP contribution is -2.42. The van der Waals surface area contributed by atoms with E-state index in [1.54, 1.807) is 24.3 Å². The summed E-state index contributed by atoms with van der Waals surface area (Å²) >= 11 is 0. The zero-order valence-electron chi connectivity index (χ0n) is 16.2. The standard InChI is InChI=1S/C21H27N3O4/c1-24(2)13-12-22-19(21(26)27)14-20(25)23-17-8-10-18(11-9-17)28-15-16-6-4-3-5-7-16/h3-11,19,22H,12-15H2,1-2H3,(H,23,25)(H,26,27). The van der Waals surface area contributed by atoms with Crippen molar-refractivity contribution in [2.75, 3.05) is 32.5 Å². The van der Waals surface area contributed by atoms with Crippen LogP contribution in [0.3, 0.4) is 0 Å². The highest BCUT2D eigenvalue weighted by Gasteiger charge is 2.20. The van der Waals surface area contributed by atoms with Crippen LogP contribution in [0.15, 0.2) is 54.6 Å². The second-order valence-corrected chi connectivity index (χ2v) is 6.70. The van der Waals surface area contributed by atoms with Crippen LogP contribution in [0.5, 0.6) is 5.75 Å². The minimum absolute atomic E-state index is 0.144. The predicted molar refractivity (Wildman–Crippen MR) is 108 cm³/mol. The summed E-state index contributed by atoms with van der Waals surface area (Å²) in [5, 5.41) is 14.9. The summed E-state index contributed by atoms with van der Waals surface area (Å²) < 4.78 is 5.71. The first-order valence-corrected chi connectivity index (χ1v) is 9.11. The maximum atomic E-state index is 12.2. The van der Waals surface area contributed by atoms with Crippen molar-refractivity contribution in [1.82, 2.24) is 10.2 Å². The first-order chi connectivity index (χ1) is 13.4. The summed E-state index contributed by atoms with van der Waals surface area (Å²) in [4.78, 5) is 25.4. The van der Waals surface area contributed by atoms with E-state index in [4.69, 9.17) is 4.74 Å². The number of hydrogen-bond acceptors (Lipinski definition) is 5. The molecule has 0 saturated heterocycles. The van der Waals surface area contributed by atoms with Gasteiger partial charge in [-0.25, -0.2) is 0 Å². The quantitative estimate of drug-likeness (QED) is 0.549. The maximum Gasteiger partial charge on any atom is 0.321 e. The van der Waals surface area contributed by atoms with E-state index >= 15 is 0 Å². The lowest BCUT2D eigenvalue weighted by Gasteiger charge is -2.16. The molecule has 28 heavy (non-hydrogen) atoms. The van der Waals surface area contributed by atoms with Crippen LogP contribution in [0, 0.1) is 0 Å². The normalized spacial score (nSPS) is 11.8. The number of hydrogen-bond donors (Lipinski definition) is 3. The third-order valence-corrected chi connectivity index (χ3v) is 4.02. The molecular weight excluding hydrogens is 358 g/mol. The Morgan fingerprint density at radius 1 is 1.07 bits per heavy atom. The van der Waals surface area contributed by atoms with Gasteiger partial charge in [0.25, 0.3) is 0 Å². The zero-order chi connectivity index (χ0) is 20.4.